The summed E-state index contributed by atoms with van der Waals surface area (Å²) in [4.78, 5) is 0. The van der Waals surface area contributed by atoms with Crippen LogP contribution in [0.15, 0.2) is 12.1 Å². The van der Waals surface area contributed by atoms with Crippen molar-refractivity contribution in [3.05, 3.63) is 12.1 Å². The zero-order valence-corrected chi connectivity index (χ0v) is 9.08. The van der Waals surface area contributed by atoms with Crippen molar-refractivity contribution in [1.29, 1.82) is 0 Å². The molecule has 1 aromatic rings. The summed E-state index contributed by atoms with van der Waals surface area (Å²) in [6.45, 7) is 0. The molecule has 0 unspecified atom stereocenters. The molecule has 0 aliphatic heterocycles. The van der Waals surface area contributed by atoms with Crippen molar-refractivity contribution in [2.45, 2.75) is 18.9 Å². The van der Waals surface area contributed by atoms with Crippen molar-refractivity contribution < 1.29 is 8.42 Å². The van der Waals surface area contributed by atoms with E-state index in [1.807, 2.05) is 0 Å². The van der Waals surface area contributed by atoms with E-state index in [1.54, 1.807) is 12.1 Å². The van der Waals surface area contributed by atoms with Crippen molar-refractivity contribution in [3.63, 3.8) is 0 Å². The largest absolute Gasteiger partial charge is 0.366 e. The summed E-state index contributed by atoms with van der Waals surface area (Å²) in [5, 5.41) is 10.8. The first-order valence-electron chi connectivity index (χ1n) is 4.61. The Hall–Kier alpha value is -1.37. The molecular weight excluding hydrogens is 216 g/mol. The van der Waals surface area contributed by atoms with E-state index in [-0.39, 0.29) is 5.82 Å². The minimum atomic E-state index is -3.27. The second-order valence-corrected chi connectivity index (χ2v) is 5.35. The molecule has 0 amide bonds. The van der Waals surface area contributed by atoms with E-state index in [4.69, 9.17) is 0 Å². The maximum absolute atomic E-state index is 10.9. The fraction of sp³-hybridized carbons (Fsp3) is 0.500. The van der Waals surface area contributed by atoms with Crippen molar-refractivity contribution >= 4 is 21.7 Å². The molecule has 0 saturated heterocycles. The number of rotatable bonds is 4. The summed E-state index contributed by atoms with van der Waals surface area (Å²) in [6.07, 6.45) is 3.39. The Morgan fingerprint density at radius 2 is 1.87 bits per heavy atom. The molecule has 7 heteroatoms. The van der Waals surface area contributed by atoms with E-state index in [0.29, 0.717) is 11.9 Å². The molecule has 1 heterocycles. The predicted octanol–water partition coefficient (Wildman–Crippen LogP) is 0.422. The molecule has 15 heavy (non-hydrogen) atoms. The van der Waals surface area contributed by atoms with Crippen LogP contribution in [-0.2, 0) is 10.0 Å². The first kappa shape index (κ1) is 10.2. The topological polar surface area (TPSA) is 84.0 Å². The number of sulfonamides is 1. The fourth-order valence-electron chi connectivity index (χ4n) is 1.09. The molecule has 0 spiro atoms. The van der Waals surface area contributed by atoms with Crippen molar-refractivity contribution in [3.8, 4) is 0 Å². The molecule has 0 bridgehead atoms. The molecule has 2 rings (SSSR count). The van der Waals surface area contributed by atoms with Crippen LogP contribution in [0.25, 0.3) is 0 Å². The van der Waals surface area contributed by atoms with Crippen LogP contribution in [0.3, 0.4) is 0 Å². The van der Waals surface area contributed by atoms with Crippen LogP contribution < -0.4 is 10.0 Å². The molecule has 82 valence electrons. The minimum absolute atomic E-state index is 0.235. The summed E-state index contributed by atoms with van der Waals surface area (Å²) in [6, 6.07) is 3.80. The van der Waals surface area contributed by atoms with Crippen LogP contribution in [0.5, 0.6) is 0 Å². The third-order valence-corrected chi connectivity index (χ3v) is 2.46. The Bertz CT molecular complexity index is 438. The maximum Gasteiger partial charge on any atom is 0.231 e. The van der Waals surface area contributed by atoms with E-state index < -0.39 is 10.0 Å². The van der Waals surface area contributed by atoms with Gasteiger partial charge in [0.25, 0.3) is 0 Å². The average Bonchev–Trinajstić information content (AvgIpc) is 2.90. The van der Waals surface area contributed by atoms with Gasteiger partial charge in [0, 0.05) is 6.04 Å². The highest BCUT2D eigenvalue weighted by atomic mass is 32.2. The van der Waals surface area contributed by atoms with Crippen molar-refractivity contribution in [1.82, 2.24) is 10.2 Å². The maximum atomic E-state index is 10.9. The van der Waals surface area contributed by atoms with Gasteiger partial charge in [-0.15, -0.1) is 10.2 Å². The molecule has 6 nitrogen and oxygen atoms in total. The molecule has 1 aliphatic rings. The molecule has 1 saturated carbocycles. The highest BCUT2D eigenvalue weighted by molar-refractivity contribution is 7.92. The third-order valence-electron chi connectivity index (χ3n) is 1.88. The second kappa shape index (κ2) is 3.65. The lowest BCUT2D eigenvalue weighted by Crippen LogP contribution is -2.12. The standard InChI is InChI=1S/C8H12N4O2S/c1-15(13,14)12-8-5-4-7(10-11-8)9-6-2-3-6/h4-6H,2-3H2,1H3,(H,9,10)(H,11,12). The Morgan fingerprint density at radius 1 is 1.27 bits per heavy atom. The summed E-state index contributed by atoms with van der Waals surface area (Å²) in [5.74, 6) is 0.912. The van der Waals surface area contributed by atoms with Gasteiger partial charge in [0.2, 0.25) is 10.0 Å². The molecule has 1 aliphatic carbocycles. The first-order chi connectivity index (χ1) is 7.03. The Labute approximate surface area is 88.2 Å². The lowest BCUT2D eigenvalue weighted by Gasteiger charge is -2.04. The van der Waals surface area contributed by atoms with E-state index in [0.717, 1.165) is 19.1 Å². The summed E-state index contributed by atoms with van der Waals surface area (Å²) in [7, 11) is -3.27. The number of hydrogen-bond donors (Lipinski definition) is 2. The Kier molecular flexibility index (Phi) is 2.47. The SMILES string of the molecule is CS(=O)(=O)Nc1ccc(NC2CC2)nn1. The van der Waals surface area contributed by atoms with E-state index in [9.17, 15) is 8.42 Å². The van der Waals surface area contributed by atoms with Gasteiger partial charge in [0.15, 0.2) is 5.82 Å². The van der Waals surface area contributed by atoms with Crippen LogP contribution in [0.1, 0.15) is 12.8 Å². The molecule has 0 atom stereocenters. The predicted molar refractivity (Wildman–Crippen MR) is 57.1 cm³/mol. The second-order valence-electron chi connectivity index (χ2n) is 3.60. The Morgan fingerprint density at radius 3 is 2.33 bits per heavy atom. The van der Waals surface area contributed by atoms with Gasteiger partial charge in [-0.1, -0.05) is 0 Å². The molecular formula is C8H12N4O2S. The normalized spacial score (nSPS) is 16.1. The van der Waals surface area contributed by atoms with Gasteiger partial charge in [0.05, 0.1) is 6.26 Å². The van der Waals surface area contributed by atoms with Gasteiger partial charge in [-0.3, -0.25) is 4.72 Å². The summed E-state index contributed by atoms with van der Waals surface area (Å²) >= 11 is 0. The highest BCUT2D eigenvalue weighted by Crippen LogP contribution is 2.23. The van der Waals surface area contributed by atoms with E-state index in [1.165, 1.54) is 0 Å². The van der Waals surface area contributed by atoms with E-state index in [2.05, 4.69) is 20.2 Å². The molecule has 0 radical (unpaired) electrons. The summed E-state index contributed by atoms with van der Waals surface area (Å²) < 4.78 is 24.0. The number of anilines is 2. The van der Waals surface area contributed by atoms with Crippen molar-refractivity contribution in [2.75, 3.05) is 16.3 Å². The van der Waals surface area contributed by atoms with Gasteiger partial charge in [-0.25, -0.2) is 8.42 Å². The highest BCUT2D eigenvalue weighted by Gasteiger charge is 2.21. The fourth-order valence-corrected chi connectivity index (χ4v) is 1.58. The molecule has 2 N–H and O–H groups in total. The first-order valence-corrected chi connectivity index (χ1v) is 6.50. The van der Waals surface area contributed by atoms with Gasteiger partial charge in [-0.05, 0) is 25.0 Å². The van der Waals surface area contributed by atoms with Crippen LogP contribution >= 0.6 is 0 Å². The Balaban J connectivity index is 2.02. The molecule has 1 fully saturated rings. The number of hydrogen-bond acceptors (Lipinski definition) is 5. The van der Waals surface area contributed by atoms with Crippen LogP contribution in [-0.4, -0.2) is 30.9 Å². The zero-order valence-electron chi connectivity index (χ0n) is 8.27. The van der Waals surface area contributed by atoms with Crippen LogP contribution in [0, 0.1) is 0 Å². The smallest absolute Gasteiger partial charge is 0.231 e. The van der Waals surface area contributed by atoms with Gasteiger partial charge in [0.1, 0.15) is 5.82 Å². The molecule has 1 aromatic heterocycles. The van der Waals surface area contributed by atoms with Crippen LogP contribution in [0.2, 0.25) is 0 Å². The average molecular weight is 228 g/mol. The minimum Gasteiger partial charge on any atom is -0.366 e. The lowest BCUT2D eigenvalue weighted by molar-refractivity contribution is 0.606. The molecule has 0 aromatic carbocycles. The zero-order chi connectivity index (χ0) is 10.9. The summed E-state index contributed by atoms with van der Waals surface area (Å²) in [5.41, 5.74) is 0. The van der Waals surface area contributed by atoms with E-state index >= 15 is 0 Å². The third kappa shape index (κ3) is 3.35. The van der Waals surface area contributed by atoms with Crippen molar-refractivity contribution in [2.24, 2.45) is 0 Å². The van der Waals surface area contributed by atoms with Gasteiger partial charge in [-0.2, -0.15) is 0 Å². The van der Waals surface area contributed by atoms with Gasteiger partial charge >= 0.3 is 0 Å². The van der Waals surface area contributed by atoms with Crippen LogP contribution in [0.4, 0.5) is 11.6 Å². The quantitative estimate of drug-likeness (QED) is 0.780. The monoisotopic (exact) mass is 228 g/mol. The number of nitrogens with one attached hydrogen (secondary N) is 2. The number of nitrogens with zero attached hydrogens (tertiary/aromatic N) is 2. The van der Waals surface area contributed by atoms with Gasteiger partial charge < -0.3 is 5.32 Å². The number of aromatic nitrogens is 2. The lowest BCUT2D eigenvalue weighted by atomic mass is 10.5.